The van der Waals surface area contributed by atoms with Crippen LogP contribution in [0, 0.1) is 0 Å². The van der Waals surface area contributed by atoms with Crippen LogP contribution in [-0.4, -0.2) is 58.1 Å². The number of piperazine rings is 1. The lowest BCUT2D eigenvalue weighted by atomic mass is 10.1. The second-order valence-corrected chi connectivity index (χ2v) is 11.2. The number of carbonyl (C=O) groups excluding carboxylic acids is 1. The molecule has 0 aliphatic carbocycles. The lowest BCUT2D eigenvalue weighted by molar-refractivity contribution is -0.133. The predicted octanol–water partition coefficient (Wildman–Crippen LogP) is 4.63. The van der Waals surface area contributed by atoms with Gasteiger partial charge in [-0.25, -0.2) is 8.42 Å². The third-order valence-corrected chi connectivity index (χ3v) is 8.16. The van der Waals surface area contributed by atoms with Gasteiger partial charge in [0.1, 0.15) is 11.8 Å². The van der Waals surface area contributed by atoms with Crippen LogP contribution in [0.25, 0.3) is 0 Å². The largest absolute Gasteiger partial charge is 0.492 e. The van der Waals surface area contributed by atoms with Gasteiger partial charge in [0, 0.05) is 36.9 Å². The lowest BCUT2D eigenvalue weighted by Gasteiger charge is -2.37. The van der Waals surface area contributed by atoms with Crippen molar-refractivity contribution in [3.05, 3.63) is 88.4 Å². The maximum Gasteiger partial charge on any atom is 0.241 e. The standard InChI is InChI=1S/C27H29Cl2N3O4S/c1-2-36-26-12-11-23(19-24(26)29)37(34,35)30-25(17-20-7-4-3-5-8-20)27(33)32-15-13-31(14-16-32)22-10-6-9-21(28)18-22/h3-12,18-19,25,30H,2,13-17H2,1H3/t25-/m0/s1. The Morgan fingerprint density at radius 3 is 2.35 bits per heavy atom. The Morgan fingerprint density at radius 1 is 0.973 bits per heavy atom. The highest BCUT2D eigenvalue weighted by atomic mass is 35.5. The molecule has 37 heavy (non-hydrogen) atoms. The van der Waals surface area contributed by atoms with Gasteiger partial charge >= 0.3 is 0 Å². The first-order chi connectivity index (χ1) is 17.8. The van der Waals surface area contributed by atoms with Crippen LogP contribution in [-0.2, 0) is 21.2 Å². The third kappa shape index (κ3) is 6.96. The minimum absolute atomic E-state index is 0.0300. The van der Waals surface area contributed by atoms with Gasteiger partial charge in [0.2, 0.25) is 15.9 Å². The molecule has 0 radical (unpaired) electrons. The summed E-state index contributed by atoms with van der Waals surface area (Å²) < 4.78 is 34.7. The first-order valence-corrected chi connectivity index (χ1v) is 14.3. The number of nitrogens with one attached hydrogen (secondary N) is 1. The van der Waals surface area contributed by atoms with E-state index in [-0.39, 0.29) is 22.2 Å². The fourth-order valence-electron chi connectivity index (χ4n) is 4.28. The number of hydrogen-bond acceptors (Lipinski definition) is 5. The zero-order valence-corrected chi connectivity index (χ0v) is 22.8. The van der Waals surface area contributed by atoms with Crippen molar-refractivity contribution < 1.29 is 17.9 Å². The average molecular weight is 563 g/mol. The number of nitrogens with zero attached hydrogens (tertiary/aromatic N) is 2. The molecule has 196 valence electrons. The minimum Gasteiger partial charge on any atom is -0.492 e. The monoisotopic (exact) mass is 561 g/mol. The Kier molecular flexibility index (Phi) is 8.97. The third-order valence-electron chi connectivity index (χ3n) is 6.16. The fourth-order valence-corrected chi connectivity index (χ4v) is 5.98. The molecule has 1 saturated heterocycles. The molecule has 1 heterocycles. The zero-order chi connectivity index (χ0) is 26.4. The van der Waals surface area contributed by atoms with E-state index in [1.807, 2.05) is 61.5 Å². The Bertz CT molecular complexity index is 1330. The smallest absolute Gasteiger partial charge is 0.241 e. The maximum absolute atomic E-state index is 13.6. The minimum atomic E-state index is -4.04. The summed E-state index contributed by atoms with van der Waals surface area (Å²) in [5.41, 5.74) is 1.85. The molecule has 3 aromatic carbocycles. The highest BCUT2D eigenvalue weighted by molar-refractivity contribution is 7.89. The number of benzene rings is 3. The van der Waals surface area contributed by atoms with Gasteiger partial charge in [-0.05, 0) is 55.3 Å². The molecular formula is C27H29Cl2N3O4S. The zero-order valence-electron chi connectivity index (χ0n) is 20.4. The molecule has 1 fully saturated rings. The summed E-state index contributed by atoms with van der Waals surface area (Å²) in [5.74, 6) is 0.132. The molecule has 3 aromatic rings. The fraction of sp³-hybridized carbons (Fsp3) is 0.296. The van der Waals surface area contributed by atoms with E-state index >= 15 is 0 Å². The topological polar surface area (TPSA) is 78.9 Å². The van der Waals surface area contributed by atoms with Gasteiger partial charge in [0.05, 0.1) is 16.5 Å². The molecule has 1 aliphatic heterocycles. The van der Waals surface area contributed by atoms with Crippen molar-refractivity contribution in [2.75, 3.05) is 37.7 Å². The SMILES string of the molecule is CCOc1ccc(S(=O)(=O)N[C@@H](Cc2ccccc2)C(=O)N2CCN(c3cccc(Cl)c3)CC2)cc1Cl. The number of sulfonamides is 1. The van der Waals surface area contributed by atoms with Crippen LogP contribution >= 0.6 is 23.2 Å². The van der Waals surface area contributed by atoms with E-state index in [4.69, 9.17) is 27.9 Å². The van der Waals surface area contributed by atoms with E-state index in [0.29, 0.717) is 43.6 Å². The Labute approximate surface area is 228 Å². The molecule has 0 spiro atoms. The molecule has 0 bridgehead atoms. The summed E-state index contributed by atoms with van der Waals surface area (Å²) in [6, 6.07) is 20.2. The second-order valence-electron chi connectivity index (χ2n) is 8.68. The van der Waals surface area contributed by atoms with Gasteiger partial charge < -0.3 is 14.5 Å². The molecule has 1 amide bonds. The van der Waals surface area contributed by atoms with Gasteiger partial charge in [-0.15, -0.1) is 0 Å². The van der Waals surface area contributed by atoms with Crippen LogP contribution < -0.4 is 14.4 Å². The van der Waals surface area contributed by atoms with Gasteiger partial charge in [-0.3, -0.25) is 4.79 Å². The summed E-state index contributed by atoms with van der Waals surface area (Å²) in [4.78, 5) is 17.5. The number of halogens is 2. The molecule has 7 nitrogen and oxygen atoms in total. The van der Waals surface area contributed by atoms with Crippen LogP contribution in [0.15, 0.2) is 77.7 Å². The van der Waals surface area contributed by atoms with E-state index in [2.05, 4.69) is 9.62 Å². The highest BCUT2D eigenvalue weighted by Gasteiger charge is 2.31. The van der Waals surface area contributed by atoms with E-state index in [1.54, 1.807) is 4.90 Å². The molecule has 1 aliphatic rings. The van der Waals surface area contributed by atoms with Crippen molar-refractivity contribution in [2.24, 2.45) is 0 Å². The molecule has 0 aromatic heterocycles. The van der Waals surface area contributed by atoms with Crippen LogP contribution in [0.3, 0.4) is 0 Å². The normalized spacial score (nSPS) is 14.9. The molecular weight excluding hydrogens is 533 g/mol. The first kappa shape index (κ1) is 27.3. The Morgan fingerprint density at radius 2 is 1.70 bits per heavy atom. The summed E-state index contributed by atoms with van der Waals surface area (Å²) in [7, 11) is -4.04. The van der Waals surface area contributed by atoms with Crippen molar-refractivity contribution in [2.45, 2.75) is 24.3 Å². The second kappa shape index (κ2) is 12.2. The van der Waals surface area contributed by atoms with Crippen LogP contribution in [0.2, 0.25) is 10.0 Å². The molecule has 1 N–H and O–H groups in total. The Balaban J connectivity index is 1.52. The van der Waals surface area contributed by atoms with Gasteiger partial charge in [-0.1, -0.05) is 59.6 Å². The highest BCUT2D eigenvalue weighted by Crippen LogP contribution is 2.28. The molecule has 1 atom stereocenters. The predicted molar refractivity (Wildman–Crippen MR) is 147 cm³/mol. The van der Waals surface area contributed by atoms with Crippen LogP contribution in [0.5, 0.6) is 5.75 Å². The number of hydrogen-bond donors (Lipinski definition) is 1. The number of carbonyl (C=O) groups is 1. The van der Waals surface area contributed by atoms with Crippen molar-refractivity contribution in [3.8, 4) is 5.75 Å². The van der Waals surface area contributed by atoms with Crippen LogP contribution in [0.1, 0.15) is 12.5 Å². The van der Waals surface area contributed by atoms with Crippen molar-refractivity contribution in [3.63, 3.8) is 0 Å². The quantitative estimate of drug-likeness (QED) is 0.412. The van der Waals surface area contributed by atoms with Crippen molar-refractivity contribution in [1.29, 1.82) is 0 Å². The van der Waals surface area contributed by atoms with E-state index in [0.717, 1.165) is 11.3 Å². The number of anilines is 1. The molecule has 4 rings (SSSR count). The maximum atomic E-state index is 13.6. The summed E-state index contributed by atoms with van der Waals surface area (Å²) in [6.07, 6.45) is 0.220. The lowest BCUT2D eigenvalue weighted by Crippen LogP contribution is -2.55. The molecule has 0 saturated carbocycles. The number of amides is 1. The summed E-state index contributed by atoms with van der Waals surface area (Å²) in [5, 5.41) is 0.843. The van der Waals surface area contributed by atoms with Crippen molar-refractivity contribution in [1.82, 2.24) is 9.62 Å². The van der Waals surface area contributed by atoms with Crippen molar-refractivity contribution >= 4 is 44.8 Å². The van der Waals surface area contributed by atoms with E-state index in [9.17, 15) is 13.2 Å². The number of rotatable bonds is 9. The van der Waals surface area contributed by atoms with Crippen LogP contribution in [0.4, 0.5) is 5.69 Å². The average Bonchev–Trinajstić information content (AvgIpc) is 2.90. The summed E-state index contributed by atoms with van der Waals surface area (Å²) >= 11 is 12.4. The first-order valence-electron chi connectivity index (χ1n) is 12.0. The van der Waals surface area contributed by atoms with E-state index in [1.165, 1.54) is 18.2 Å². The molecule has 0 unspecified atom stereocenters. The number of ether oxygens (including phenoxy) is 1. The van der Waals surface area contributed by atoms with Gasteiger partial charge in [-0.2, -0.15) is 4.72 Å². The van der Waals surface area contributed by atoms with Gasteiger partial charge in [0.25, 0.3) is 0 Å². The summed E-state index contributed by atoms with van der Waals surface area (Å²) in [6.45, 7) is 4.39. The Hall–Kier alpha value is -2.78. The van der Waals surface area contributed by atoms with E-state index < -0.39 is 16.1 Å². The molecule has 10 heteroatoms. The van der Waals surface area contributed by atoms with Gasteiger partial charge in [0.15, 0.2) is 0 Å².